The Balaban J connectivity index is 2.25. The molecule has 0 bridgehead atoms. The SMILES string of the molecule is CCCNC(COCCOC)C1=CCCO1. The zero-order valence-corrected chi connectivity index (χ0v) is 10.3. The fraction of sp³-hybridized carbons (Fsp3) is 0.833. The Morgan fingerprint density at radius 3 is 3.00 bits per heavy atom. The van der Waals surface area contributed by atoms with Crippen LogP contribution in [0, 0.1) is 0 Å². The van der Waals surface area contributed by atoms with Crippen molar-refractivity contribution in [2.45, 2.75) is 25.8 Å². The van der Waals surface area contributed by atoms with Crippen molar-refractivity contribution in [1.82, 2.24) is 5.32 Å². The molecular formula is C12H23NO3. The Morgan fingerprint density at radius 1 is 1.50 bits per heavy atom. The van der Waals surface area contributed by atoms with Crippen molar-refractivity contribution in [2.75, 3.05) is 40.1 Å². The van der Waals surface area contributed by atoms with Gasteiger partial charge < -0.3 is 19.5 Å². The van der Waals surface area contributed by atoms with Crippen LogP contribution in [0.2, 0.25) is 0 Å². The van der Waals surface area contributed by atoms with Crippen molar-refractivity contribution in [3.63, 3.8) is 0 Å². The Kier molecular flexibility index (Phi) is 7.21. The second-order valence-electron chi connectivity index (χ2n) is 3.82. The maximum absolute atomic E-state index is 5.56. The molecule has 0 amide bonds. The molecule has 0 saturated heterocycles. The lowest BCUT2D eigenvalue weighted by molar-refractivity contribution is 0.0545. The van der Waals surface area contributed by atoms with Gasteiger partial charge in [-0.25, -0.2) is 0 Å². The fourth-order valence-corrected chi connectivity index (χ4v) is 1.58. The normalized spacial score (nSPS) is 17.0. The van der Waals surface area contributed by atoms with Crippen LogP contribution in [-0.4, -0.2) is 46.1 Å². The van der Waals surface area contributed by atoms with E-state index < -0.39 is 0 Å². The molecule has 94 valence electrons. The van der Waals surface area contributed by atoms with Gasteiger partial charge in [0.15, 0.2) is 0 Å². The smallest absolute Gasteiger partial charge is 0.111 e. The van der Waals surface area contributed by atoms with Crippen LogP contribution in [0.15, 0.2) is 11.8 Å². The molecule has 1 aliphatic rings. The molecule has 16 heavy (non-hydrogen) atoms. The number of rotatable bonds is 9. The molecule has 0 aliphatic carbocycles. The molecule has 0 aromatic heterocycles. The van der Waals surface area contributed by atoms with Crippen LogP contribution in [-0.2, 0) is 14.2 Å². The summed E-state index contributed by atoms with van der Waals surface area (Å²) in [4.78, 5) is 0. The van der Waals surface area contributed by atoms with Gasteiger partial charge in [0.25, 0.3) is 0 Å². The van der Waals surface area contributed by atoms with Crippen LogP contribution in [0.1, 0.15) is 19.8 Å². The first kappa shape index (κ1) is 13.5. The maximum atomic E-state index is 5.56. The third kappa shape index (κ3) is 4.96. The van der Waals surface area contributed by atoms with Gasteiger partial charge in [-0.05, 0) is 19.0 Å². The first-order valence-corrected chi connectivity index (χ1v) is 6.01. The van der Waals surface area contributed by atoms with E-state index in [1.54, 1.807) is 7.11 Å². The van der Waals surface area contributed by atoms with Gasteiger partial charge in [0, 0.05) is 13.5 Å². The van der Waals surface area contributed by atoms with Crippen molar-refractivity contribution in [3.8, 4) is 0 Å². The van der Waals surface area contributed by atoms with Crippen molar-refractivity contribution in [1.29, 1.82) is 0 Å². The Bertz CT molecular complexity index is 206. The number of nitrogens with one attached hydrogen (secondary N) is 1. The molecule has 4 heteroatoms. The van der Waals surface area contributed by atoms with Crippen LogP contribution in [0.25, 0.3) is 0 Å². The third-order valence-electron chi connectivity index (χ3n) is 2.43. The summed E-state index contributed by atoms with van der Waals surface area (Å²) >= 11 is 0. The van der Waals surface area contributed by atoms with Crippen LogP contribution in [0.4, 0.5) is 0 Å². The van der Waals surface area contributed by atoms with E-state index in [9.17, 15) is 0 Å². The minimum Gasteiger partial charge on any atom is -0.496 e. The number of hydrogen-bond donors (Lipinski definition) is 1. The largest absolute Gasteiger partial charge is 0.496 e. The quantitative estimate of drug-likeness (QED) is 0.605. The molecular weight excluding hydrogens is 206 g/mol. The second-order valence-corrected chi connectivity index (χ2v) is 3.82. The first-order valence-electron chi connectivity index (χ1n) is 6.01. The van der Waals surface area contributed by atoms with Crippen LogP contribution < -0.4 is 5.32 Å². The van der Waals surface area contributed by atoms with Crippen molar-refractivity contribution >= 4 is 0 Å². The van der Waals surface area contributed by atoms with E-state index in [4.69, 9.17) is 14.2 Å². The summed E-state index contributed by atoms with van der Waals surface area (Å²) in [6.45, 7) is 5.86. The summed E-state index contributed by atoms with van der Waals surface area (Å²) in [7, 11) is 1.68. The molecule has 1 rings (SSSR count). The Hall–Kier alpha value is -0.580. The molecule has 0 fully saturated rings. The molecule has 0 aromatic carbocycles. The van der Waals surface area contributed by atoms with E-state index in [0.717, 1.165) is 31.8 Å². The lowest BCUT2D eigenvalue weighted by Gasteiger charge is -2.19. The van der Waals surface area contributed by atoms with E-state index in [2.05, 4.69) is 18.3 Å². The monoisotopic (exact) mass is 229 g/mol. The van der Waals surface area contributed by atoms with Gasteiger partial charge in [-0.2, -0.15) is 0 Å². The van der Waals surface area contributed by atoms with Crippen LogP contribution in [0.3, 0.4) is 0 Å². The minimum atomic E-state index is 0.194. The lowest BCUT2D eigenvalue weighted by Crippen LogP contribution is -2.36. The summed E-state index contributed by atoms with van der Waals surface area (Å²) in [5, 5.41) is 3.43. The highest BCUT2D eigenvalue weighted by Gasteiger charge is 2.18. The zero-order chi connectivity index (χ0) is 11.6. The summed E-state index contributed by atoms with van der Waals surface area (Å²) < 4.78 is 16.0. The van der Waals surface area contributed by atoms with E-state index in [1.165, 1.54) is 0 Å². The van der Waals surface area contributed by atoms with E-state index in [-0.39, 0.29) is 6.04 Å². The highest BCUT2D eigenvalue weighted by molar-refractivity contribution is 5.07. The predicted molar refractivity (Wildman–Crippen MR) is 63.4 cm³/mol. The predicted octanol–water partition coefficient (Wildman–Crippen LogP) is 1.32. The van der Waals surface area contributed by atoms with Crippen molar-refractivity contribution < 1.29 is 14.2 Å². The molecule has 0 spiro atoms. The third-order valence-corrected chi connectivity index (χ3v) is 2.43. The number of hydrogen-bond acceptors (Lipinski definition) is 4. The van der Waals surface area contributed by atoms with E-state index in [0.29, 0.717) is 19.8 Å². The number of ether oxygens (including phenoxy) is 3. The highest BCUT2D eigenvalue weighted by atomic mass is 16.5. The highest BCUT2D eigenvalue weighted by Crippen LogP contribution is 2.13. The van der Waals surface area contributed by atoms with Gasteiger partial charge in [0.05, 0.1) is 32.5 Å². The Labute approximate surface area is 97.9 Å². The lowest BCUT2D eigenvalue weighted by atomic mass is 10.2. The molecule has 1 heterocycles. The van der Waals surface area contributed by atoms with Gasteiger partial charge in [-0.1, -0.05) is 6.92 Å². The molecule has 0 aromatic rings. The minimum absolute atomic E-state index is 0.194. The van der Waals surface area contributed by atoms with Crippen LogP contribution in [0.5, 0.6) is 0 Å². The summed E-state index contributed by atoms with van der Waals surface area (Å²) in [6, 6.07) is 0.194. The molecule has 4 nitrogen and oxygen atoms in total. The average Bonchev–Trinajstić information content (AvgIpc) is 2.82. The van der Waals surface area contributed by atoms with E-state index in [1.807, 2.05) is 0 Å². The number of methoxy groups -OCH3 is 1. The van der Waals surface area contributed by atoms with Crippen LogP contribution >= 0.6 is 0 Å². The van der Waals surface area contributed by atoms with Crippen molar-refractivity contribution in [3.05, 3.63) is 11.8 Å². The summed E-state index contributed by atoms with van der Waals surface area (Å²) in [5.74, 6) is 1.03. The molecule has 1 N–H and O–H groups in total. The van der Waals surface area contributed by atoms with Gasteiger partial charge in [0.1, 0.15) is 5.76 Å². The second kappa shape index (κ2) is 8.56. The fourth-order valence-electron chi connectivity index (χ4n) is 1.58. The zero-order valence-electron chi connectivity index (χ0n) is 10.3. The Morgan fingerprint density at radius 2 is 2.38 bits per heavy atom. The van der Waals surface area contributed by atoms with Gasteiger partial charge in [-0.15, -0.1) is 0 Å². The molecule has 1 atom stereocenters. The molecule has 1 unspecified atom stereocenters. The summed E-state index contributed by atoms with van der Waals surface area (Å²) in [6.07, 6.45) is 4.27. The maximum Gasteiger partial charge on any atom is 0.111 e. The molecule has 1 aliphatic heterocycles. The first-order chi connectivity index (χ1) is 7.88. The van der Waals surface area contributed by atoms with Gasteiger partial charge >= 0.3 is 0 Å². The molecule has 0 saturated carbocycles. The average molecular weight is 229 g/mol. The topological polar surface area (TPSA) is 39.7 Å². The van der Waals surface area contributed by atoms with Crippen molar-refractivity contribution in [2.24, 2.45) is 0 Å². The molecule has 0 radical (unpaired) electrons. The van der Waals surface area contributed by atoms with Gasteiger partial charge in [-0.3, -0.25) is 0 Å². The standard InChI is InChI=1S/C12H23NO3/c1-3-6-13-11(10-15-9-8-14-2)12-5-4-7-16-12/h5,11,13H,3-4,6-10H2,1-2H3. The summed E-state index contributed by atoms with van der Waals surface area (Å²) in [5.41, 5.74) is 0. The van der Waals surface area contributed by atoms with Gasteiger partial charge in [0.2, 0.25) is 0 Å². The van der Waals surface area contributed by atoms with E-state index >= 15 is 0 Å².